The lowest BCUT2D eigenvalue weighted by atomic mass is 9.86. The van der Waals surface area contributed by atoms with Gasteiger partial charge in [-0.3, -0.25) is 19.7 Å². The molecule has 28 heavy (non-hydrogen) atoms. The molecule has 2 fully saturated rings. The molecule has 0 saturated heterocycles. The van der Waals surface area contributed by atoms with E-state index >= 15 is 0 Å². The number of anilines is 1. The van der Waals surface area contributed by atoms with Crippen LogP contribution in [-0.2, 0) is 20.5 Å². The van der Waals surface area contributed by atoms with Crippen LogP contribution in [0.15, 0.2) is 18.2 Å². The second-order valence-corrected chi connectivity index (χ2v) is 7.33. The molecule has 1 amide bonds. The van der Waals surface area contributed by atoms with E-state index in [2.05, 4.69) is 0 Å². The number of ether oxygens (including phenoxy) is 1. The van der Waals surface area contributed by atoms with Crippen LogP contribution in [-0.4, -0.2) is 23.4 Å². The fraction of sp³-hybridized carbons (Fsp3) is 0.556. The van der Waals surface area contributed by atoms with Crippen LogP contribution in [0.3, 0.4) is 0 Å². The monoisotopic (exact) mass is 400 g/mol. The van der Waals surface area contributed by atoms with Gasteiger partial charge in [-0.05, 0) is 43.1 Å². The normalized spacial score (nSPS) is 23.5. The molecule has 0 heterocycles. The molecule has 2 saturated carbocycles. The third-order valence-electron chi connectivity index (χ3n) is 5.47. The average molecular weight is 400 g/mol. The number of amides is 1. The standard InChI is InChI=1S/C18H19F3N2O5/c19-18(20,21)14-8-13(23(26)27)3-4-15(14)22-16(24)9-28-17(25)7-12-6-10-1-2-11(12)5-10/h3-4,8,10-12H,1-2,5-7,9H2,(H,22,24)/t10-,11+,12+/m0/s1. The van der Waals surface area contributed by atoms with E-state index in [4.69, 9.17) is 4.74 Å². The predicted octanol–water partition coefficient (Wildman–Crippen LogP) is 3.92. The molecule has 0 aliphatic heterocycles. The van der Waals surface area contributed by atoms with Gasteiger partial charge < -0.3 is 10.1 Å². The highest BCUT2D eigenvalue weighted by Gasteiger charge is 2.40. The molecule has 1 aromatic carbocycles. The Morgan fingerprint density at radius 1 is 1.25 bits per heavy atom. The van der Waals surface area contributed by atoms with Crippen molar-refractivity contribution in [1.29, 1.82) is 0 Å². The minimum atomic E-state index is -4.90. The van der Waals surface area contributed by atoms with Crippen molar-refractivity contribution < 1.29 is 32.4 Å². The number of nitro groups is 1. The second-order valence-electron chi connectivity index (χ2n) is 7.33. The quantitative estimate of drug-likeness (QED) is 0.443. The van der Waals surface area contributed by atoms with Crippen LogP contribution < -0.4 is 5.32 Å². The van der Waals surface area contributed by atoms with Crippen LogP contribution in [0.25, 0.3) is 0 Å². The molecule has 1 aromatic rings. The number of alkyl halides is 3. The van der Waals surface area contributed by atoms with Gasteiger partial charge in [0.1, 0.15) is 0 Å². The summed E-state index contributed by atoms with van der Waals surface area (Å²) in [5, 5.41) is 12.7. The first kappa shape index (κ1) is 20.1. The maximum absolute atomic E-state index is 13.1. The Balaban J connectivity index is 1.55. The van der Waals surface area contributed by atoms with E-state index in [0.29, 0.717) is 17.9 Å². The Bertz CT molecular complexity index is 796. The zero-order valence-electron chi connectivity index (χ0n) is 14.8. The minimum absolute atomic E-state index is 0.208. The fourth-order valence-corrected chi connectivity index (χ4v) is 4.22. The van der Waals surface area contributed by atoms with Gasteiger partial charge in [0.25, 0.3) is 11.6 Å². The van der Waals surface area contributed by atoms with E-state index in [1.165, 1.54) is 6.42 Å². The molecule has 0 spiro atoms. The van der Waals surface area contributed by atoms with Gasteiger partial charge in [0.05, 0.1) is 16.2 Å². The molecule has 2 bridgehead atoms. The number of carbonyl (C=O) groups is 2. The summed E-state index contributed by atoms with van der Waals surface area (Å²) >= 11 is 0. The van der Waals surface area contributed by atoms with E-state index in [1.54, 1.807) is 0 Å². The van der Waals surface area contributed by atoms with Crippen molar-refractivity contribution in [1.82, 2.24) is 0 Å². The first-order chi connectivity index (χ1) is 13.1. The maximum Gasteiger partial charge on any atom is 0.418 e. The molecule has 0 unspecified atom stereocenters. The van der Waals surface area contributed by atoms with E-state index in [1.807, 2.05) is 5.32 Å². The van der Waals surface area contributed by atoms with Crippen LogP contribution in [0.5, 0.6) is 0 Å². The van der Waals surface area contributed by atoms with Gasteiger partial charge >= 0.3 is 12.1 Å². The summed E-state index contributed by atoms with van der Waals surface area (Å²) in [6, 6.07) is 2.00. The first-order valence-electron chi connectivity index (χ1n) is 8.94. The highest BCUT2D eigenvalue weighted by atomic mass is 19.4. The second kappa shape index (κ2) is 7.76. The molecular formula is C18H19F3N2O5. The number of non-ortho nitro benzene ring substituents is 1. The number of nitro benzene ring substituents is 1. The molecule has 0 aromatic heterocycles. The van der Waals surface area contributed by atoms with Crippen molar-refractivity contribution in [2.75, 3.05) is 11.9 Å². The Morgan fingerprint density at radius 2 is 2.00 bits per heavy atom. The summed E-state index contributed by atoms with van der Waals surface area (Å²) in [4.78, 5) is 33.5. The maximum atomic E-state index is 13.1. The third kappa shape index (κ3) is 4.60. The summed E-state index contributed by atoms with van der Waals surface area (Å²) in [7, 11) is 0. The van der Waals surface area contributed by atoms with Crippen molar-refractivity contribution in [2.45, 2.75) is 38.3 Å². The van der Waals surface area contributed by atoms with Gasteiger partial charge in [0.2, 0.25) is 0 Å². The van der Waals surface area contributed by atoms with E-state index < -0.39 is 46.5 Å². The van der Waals surface area contributed by atoms with Gasteiger partial charge in [-0.2, -0.15) is 13.2 Å². The number of nitrogens with zero attached hydrogens (tertiary/aromatic N) is 1. The molecule has 3 atom stereocenters. The molecule has 1 N–H and O–H groups in total. The number of carbonyl (C=O) groups excluding carboxylic acids is 2. The molecule has 0 radical (unpaired) electrons. The number of hydrogen-bond donors (Lipinski definition) is 1. The number of nitrogens with one attached hydrogen (secondary N) is 1. The SMILES string of the molecule is O=C(COC(=O)C[C@H]1C[C@H]2CC[C@@H]1C2)Nc1ccc([N+](=O)[O-])cc1C(F)(F)F. The van der Waals surface area contributed by atoms with Crippen LogP contribution in [0, 0.1) is 27.9 Å². The molecule has 2 aliphatic rings. The van der Waals surface area contributed by atoms with Crippen molar-refractivity contribution in [3.8, 4) is 0 Å². The summed E-state index contributed by atoms with van der Waals surface area (Å²) in [6.45, 7) is -0.714. The van der Waals surface area contributed by atoms with Crippen LogP contribution in [0.4, 0.5) is 24.5 Å². The van der Waals surface area contributed by atoms with Gasteiger partial charge in [0, 0.05) is 18.6 Å². The molecular weight excluding hydrogens is 381 g/mol. The number of hydrogen-bond acceptors (Lipinski definition) is 5. The number of rotatable bonds is 6. The van der Waals surface area contributed by atoms with Gasteiger partial charge in [-0.15, -0.1) is 0 Å². The highest BCUT2D eigenvalue weighted by Crippen LogP contribution is 2.49. The lowest BCUT2D eigenvalue weighted by Crippen LogP contribution is -2.24. The van der Waals surface area contributed by atoms with Crippen molar-refractivity contribution in [2.24, 2.45) is 17.8 Å². The van der Waals surface area contributed by atoms with E-state index in [-0.39, 0.29) is 12.3 Å². The van der Waals surface area contributed by atoms with E-state index in [9.17, 15) is 32.9 Å². The number of esters is 1. The van der Waals surface area contributed by atoms with Crippen molar-refractivity contribution >= 4 is 23.3 Å². The average Bonchev–Trinajstić information content (AvgIpc) is 3.22. The first-order valence-corrected chi connectivity index (χ1v) is 8.94. The lowest BCUT2D eigenvalue weighted by molar-refractivity contribution is -0.385. The summed E-state index contributed by atoms with van der Waals surface area (Å²) < 4.78 is 44.2. The fourth-order valence-electron chi connectivity index (χ4n) is 4.22. The van der Waals surface area contributed by atoms with Gasteiger partial charge in [0.15, 0.2) is 6.61 Å². The van der Waals surface area contributed by atoms with Crippen LogP contribution in [0.1, 0.15) is 37.7 Å². The molecule has 152 valence electrons. The molecule has 7 nitrogen and oxygen atoms in total. The highest BCUT2D eigenvalue weighted by molar-refractivity contribution is 5.93. The molecule has 10 heteroatoms. The van der Waals surface area contributed by atoms with Gasteiger partial charge in [-0.1, -0.05) is 6.42 Å². The van der Waals surface area contributed by atoms with Gasteiger partial charge in [-0.25, -0.2) is 0 Å². The number of halogens is 3. The zero-order valence-corrected chi connectivity index (χ0v) is 14.8. The Hall–Kier alpha value is -2.65. The molecule has 2 aliphatic carbocycles. The number of benzene rings is 1. The molecule has 3 rings (SSSR count). The van der Waals surface area contributed by atoms with E-state index in [0.717, 1.165) is 31.4 Å². The Labute approximate surface area is 158 Å². The minimum Gasteiger partial charge on any atom is -0.456 e. The summed E-state index contributed by atoms with van der Waals surface area (Å²) in [5.41, 5.74) is -2.72. The van der Waals surface area contributed by atoms with Crippen LogP contribution >= 0.6 is 0 Å². The Morgan fingerprint density at radius 3 is 2.57 bits per heavy atom. The lowest BCUT2D eigenvalue weighted by Gasteiger charge is -2.20. The number of fused-ring (bicyclic) bond motifs is 2. The summed E-state index contributed by atoms with van der Waals surface area (Å²) in [6.07, 6.45) is -0.297. The van der Waals surface area contributed by atoms with Crippen molar-refractivity contribution in [3.63, 3.8) is 0 Å². The summed E-state index contributed by atoms with van der Waals surface area (Å²) in [5.74, 6) is -0.0660. The van der Waals surface area contributed by atoms with Crippen LogP contribution in [0.2, 0.25) is 0 Å². The third-order valence-corrected chi connectivity index (χ3v) is 5.47. The van der Waals surface area contributed by atoms with Crippen molar-refractivity contribution in [3.05, 3.63) is 33.9 Å². The zero-order chi connectivity index (χ0) is 20.5. The smallest absolute Gasteiger partial charge is 0.418 e. The Kier molecular flexibility index (Phi) is 5.57. The largest absolute Gasteiger partial charge is 0.456 e. The topological polar surface area (TPSA) is 98.5 Å². The predicted molar refractivity (Wildman–Crippen MR) is 91.2 cm³/mol.